The lowest BCUT2D eigenvalue weighted by molar-refractivity contribution is 0.972. The van der Waals surface area contributed by atoms with Gasteiger partial charge in [-0.3, -0.25) is 0 Å². The van der Waals surface area contributed by atoms with Crippen LogP contribution >= 0.6 is 11.6 Å². The van der Waals surface area contributed by atoms with Gasteiger partial charge in [-0.25, -0.2) is 4.98 Å². The van der Waals surface area contributed by atoms with Crippen LogP contribution in [0, 0.1) is 6.92 Å². The van der Waals surface area contributed by atoms with Gasteiger partial charge < -0.3 is 11.1 Å². The molecule has 22 heavy (non-hydrogen) atoms. The first-order valence-corrected chi connectivity index (χ1v) is 7.70. The highest BCUT2D eigenvalue weighted by Gasteiger charge is 2.07. The molecule has 0 radical (unpaired) electrons. The maximum absolute atomic E-state index is 6.04. The second-order valence-electron chi connectivity index (χ2n) is 5.16. The maximum Gasteiger partial charge on any atom is 0.224 e. The normalized spacial score (nSPS) is 12.5. The van der Waals surface area contributed by atoms with Gasteiger partial charge in [0.25, 0.3) is 0 Å². The number of halogens is 1. The molecule has 5 heteroatoms. The van der Waals surface area contributed by atoms with Crippen molar-refractivity contribution in [1.82, 2.24) is 9.97 Å². The maximum atomic E-state index is 6.04. The van der Waals surface area contributed by atoms with Crippen LogP contribution in [0.4, 0.5) is 11.8 Å². The zero-order valence-electron chi connectivity index (χ0n) is 13.1. The quantitative estimate of drug-likeness (QED) is 0.864. The van der Waals surface area contributed by atoms with Crippen LogP contribution in [0.3, 0.4) is 0 Å². The number of nitrogen functional groups attached to an aromatic ring is 1. The third-order valence-corrected chi connectivity index (χ3v) is 3.70. The summed E-state index contributed by atoms with van der Waals surface area (Å²) in [6, 6.07) is 7.85. The average Bonchev–Trinajstić information content (AvgIpc) is 2.47. The highest BCUT2D eigenvalue weighted by Crippen LogP contribution is 2.23. The van der Waals surface area contributed by atoms with Crippen molar-refractivity contribution in [2.45, 2.75) is 26.7 Å². The van der Waals surface area contributed by atoms with E-state index in [0.717, 1.165) is 22.8 Å². The number of nitrogens with zero attached hydrogens (tertiary/aromatic N) is 2. The van der Waals surface area contributed by atoms with Crippen molar-refractivity contribution in [1.29, 1.82) is 0 Å². The topological polar surface area (TPSA) is 63.8 Å². The summed E-state index contributed by atoms with van der Waals surface area (Å²) >= 11 is 5.91. The van der Waals surface area contributed by atoms with E-state index in [1.54, 1.807) is 0 Å². The van der Waals surface area contributed by atoms with Crippen LogP contribution in [0.2, 0.25) is 5.02 Å². The summed E-state index contributed by atoms with van der Waals surface area (Å²) in [7, 11) is 0. The van der Waals surface area contributed by atoms with E-state index in [0.29, 0.717) is 11.8 Å². The van der Waals surface area contributed by atoms with Gasteiger partial charge in [-0.15, -0.1) is 0 Å². The molecule has 0 fully saturated rings. The molecule has 2 aromatic rings. The third kappa shape index (κ3) is 3.98. The predicted molar refractivity (Wildman–Crippen MR) is 94.2 cm³/mol. The summed E-state index contributed by atoms with van der Waals surface area (Å²) < 4.78 is 0. The fourth-order valence-corrected chi connectivity index (χ4v) is 2.29. The van der Waals surface area contributed by atoms with Crippen LogP contribution in [0.15, 0.2) is 30.3 Å². The van der Waals surface area contributed by atoms with Crippen LogP contribution < -0.4 is 11.1 Å². The van der Waals surface area contributed by atoms with Gasteiger partial charge in [-0.1, -0.05) is 42.8 Å². The molecule has 1 aromatic heterocycles. The Kier molecular flexibility index (Phi) is 5.39. The lowest BCUT2D eigenvalue weighted by Gasteiger charge is -2.10. The van der Waals surface area contributed by atoms with Crippen molar-refractivity contribution in [2.75, 3.05) is 17.6 Å². The first kappa shape index (κ1) is 16.3. The molecule has 0 saturated carbocycles. The van der Waals surface area contributed by atoms with Gasteiger partial charge in [0.1, 0.15) is 5.82 Å². The number of nitrogens with one attached hydrogen (secondary N) is 1. The van der Waals surface area contributed by atoms with Gasteiger partial charge in [-0.2, -0.15) is 4.98 Å². The van der Waals surface area contributed by atoms with E-state index in [1.807, 2.05) is 44.2 Å². The standard InChI is InChI=1S/C17H21ClN4/c1-4-20-17-21-12(3)15(16(19)22-17)10-5-11(2)13-6-8-14(18)9-7-13/h5-11H,4H2,1-3H3,(H3,19,20,21,22). The minimum Gasteiger partial charge on any atom is -0.383 e. The number of aryl methyl sites for hydroxylation is 1. The molecule has 2 rings (SSSR count). The Bertz CT molecular complexity index is 642. The van der Waals surface area contributed by atoms with E-state index in [4.69, 9.17) is 17.3 Å². The first-order valence-electron chi connectivity index (χ1n) is 7.33. The Balaban J connectivity index is 2.20. The van der Waals surface area contributed by atoms with Gasteiger partial charge in [0.05, 0.1) is 5.69 Å². The first-order chi connectivity index (χ1) is 10.5. The molecule has 1 atom stereocenters. The Labute approximate surface area is 136 Å². The molecule has 0 saturated heterocycles. The molecule has 0 amide bonds. The molecule has 116 valence electrons. The molecule has 4 nitrogen and oxygen atoms in total. The predicted octanol–water partition coefficient (Wildman–Crippen LogP) is 4.27. The van der Waals surface area contributed by atoms with Crippen LogP contribution in [-0.4, -0.2) is 16.5 Å². The summed E-state index contributed by atoms with van der Waals surface area (Å²) in [5, 5.41) is 3.82. The minimum atomic E-state index is 0.254. The number of hydrogen-bond acceptors (Lipinski definition) is 4. The second-order valence-corrected chi connectivity index (χ2v) is 5.60. The van der Waals surface area contributed by atoms with E-state index >= 15 is 0 Å². The average molecular weight is 317 g/mol. The number of anilines is 2. The number of aromatic nitrogens is 2. The fourth-order valence-electron chi connectivity index (χ4n) is 2.16. The highest BCUT2D eigenvalue weighted by molar-refractivity contribution is 6.30. The summed E-state index contributed by atoms with van der Waals surface area (Å²) in [6.07, 6.45) is 4.08. The number of benzene rings is 1. The summed E-state index contributed by atoms with van der Waals surface area (Å²) in [4.78, 5) is 8.69. The van der Waals surface area contributed by atoms with Crippen LogP contribution in [0.1, 0.15) is 36.6 Å². The van der Waals surface area contributed by atoms with Gasteiger partial charge >= 0.3 is 0 Å². The largest absolute Gasteiger partial charge is 0.383 e. The smallest absolute Gasteiger partial charge is 0.224 e. The number of nitrogens with two attached hydrogens (primary N) is 1. The van der Waals surface area contributed by atoms with Crippen molar-refractivity contribution < 1.29 is 0 Å². The van der Waals surface area contributed by atoms with Gasteiger partial charge in [0, 0.05) is 17.1 Å². The number of rotatable bonds is 5. The Morgan fingerprint density at radius 1 is 1.27 bits per heavy atom. The van der Waals surface area contributed by atoms with Crippen molar-refractivity contribution in [3.05, 3.63) is 52.2 Å². The summed E-state index contributed by atoms with van der Waals surface area (Å²) in [5.41, 5.74) is 8.96. The third-order valence-electron chi connectivity index (χ3n) is 3.45. The Morgan fingerprint density at radius 3 is 2.55 bits per heavy atom. The van der Waals surface area contributed by atoms with Crippen molar-refractivity contribution >= 4 is 29.4 Å². The van der Waals surface area contributed by atoms with Gasteiger partial charge in [-0.05, 0) is 37.5 Å². The molecule has 0 aliphatic carbocycles. The molecule has 0 aliphatic rings. The van der Waals surface area contributed by atoms with E-state index < -0.39 is 0 Å². The molecule has 1 unspecified atom stereocenters. The number of allylic oxidation sites excluding steroid dienone is 1. The van der Waals surface area contributed by atoms with Crippen molar-refractivity contribution in [3.8, 4) is 0 Å². The molecule has 1 aromatic carbocycles. The molecule has 0 aliphatic heterocycles. The Morgan fingerprint density at radius 2 is 1.95 bits per heavy atom. The van der Waals surface area contributed by atoms with E-state index in [9.17, 15) is 0 Å². The molecular formula is C17H21ClN4. The fraction of sp³-hybridized carbons (Fsp3) is 0.294. The van der Waals surface area contributed by atoms with Gasteiger partial charge in [0.2, 0.25) is 5.95 Å². The van der Waals surface area contributed by atoms with E-state index in [1.165, 1.54) is 5.56 Å². The molecule has 3 N–H and O–H groups in total. The minimum absolute atomic E-state index is 0.254. The van der Waals surface area contributed by atoms with Gasteiger partial charge in [0.15, 0.2) is 0 Å². The van der Waals surface area contributed by atoms with Crippen molar-refractivity contribution in [3.63, 3.8) is 0 Å². The van der Waals surface area contributed by atoms with E-state index in [2.05, 4.69) is 28.3 Å². The lowest BCUT2D eigenvalue weighted by Crippen LogP contribution is -2.07. The summed E-state index contributed by atoms with van der Waals surface area (Å²) in [6.45, 7) is 6.82. The van der Waals surface area contributed by atoms with Crippen LogP contribution in [-0.2, 0) is 0 Å². The Hall–Kier alpha value is -2.07. The number of hydrogen-bond donors (Lipinski definition) is 2. The second kappa shape index (κ2) is 7.27. The lowest BCUT2D eigenvalue weighted by atomic mass is 10.00. The SMILES string of the molecule is CCNc1nc(C)c(C=CC(C)c2ccc(Cl)cc2)c(N)n1. The molecule has 0 spiro atoms. The molecule has 0 bridgehead atoms. The van der Waals surface area contributed by atoms with Crippen molar-refractivity contribution in [2.24, 2.45) is 0 Å². The molecule has 1 heterocycles. The molecular weight excluding hydrogens is 296 g/mol. The summed E-state index contributed by atoms with van der Waals surface area (Å²) in [5.74, 6) is 1.31. The highest BCUT2D eigenvalue weighted by atomic mass is 35.5. The van der Waals surface area contributed by atoms with Crippen LogP contribution in [0.5, 0.6) is 0 Å². The zero-order valence-corrected chi connectivity index (χ0v) is 13.9. The zero-order chi connectivity index (χ0) is 16.1. The monoisotopic (exact) mass is 316 g/mol. The van der Waals surface area contributed by atoms with Crippen LogP contribution in [0.25, 0.3) is 6.08 Å². The van der Waals surface area contributed by atoms with E-state index in [-0.39, 0.29) is 5.92 Å².